The van der Waals surface area contributed by atoms with Crippen LogP contribution >= 0.6 is 11.8 Å². The van der Waals surface area contributed by atoms with Crippen LogP contribution in [0.2, 0.25) is 0 Å². The third kappa shape index (κ3) is 3.68. The maximum atomic E-state index is 11.4. The topological polar surface area (TPSA) is 66.8 Å². The molecule has 2 rings (SSSR count). The van der Waals surface area contributed by atoms with Crippen LogP contribution in [0.4, 0.5) is 0 Å². The maximum Gasteiger partial charge on any atom is 0.351 e. The van der Waals surface area contributed by atoms with Crippen molar-refractivity contribution in [2.24, 2.45) is 0 Å². The van der Waals surface area contributed by atoms with Gasteiger partial charge >= 0.3 is 5.97 Å². The van der Waals surface area contributed by atoms with Gasteiger partial charge in [-0.15, -0.1) is 11.8 Å². The van der Waals surface area contributed by atoms with Crippen LogP contribution in [0, 0.1) is 20.1 Å². The number of carbonyl (C=O) groups is 1. The van der Waals surface area contributed by atoms with Crippen LogP contribution in [-0.4, -0.2) is 16.2 Å². The van der Waals surface area contributed by atoms with Crippen molar-refractivity contribution in [3.8, 4) is 5.75 Å². The maximum absolute atomic E-state index is 11.4. The molecule has 0 aliphatic rings. The average Bonchev–Trinajstić information content (AvgIpc) is 2.55. The minimum atomic E-state index is -2.10. The first-order valence-electron chi connectivity index (χ1n) is 7.06. The van der Waals surface area contributed by atoms with E-state index in [4.69, 9.17) is 4.74 Å². The van der Waals surface area contributed by atoms with E-state index in [-0.39, 0.29) is 12.2 Å². The van der Waals surface area contributed by atoms with Gasteiger partial charge in [-0.25, -0.2) is 4.79 Å². The van der Waals surface area contributed by atoms with Gasteiger partial charge in [0.05, 0.1) is 0 Å². The lowest BCUT2D eigenvalue weighted by Crippen LogP contribution is -2.32. The highest BCUT2D eigenvalue weighted by molar-refractivity contribution is 8.01. The molecule has 0 amide bonds. The predicted molar refractivity (Wildman–Crippen MR) is 91.2 cm³/mol. The van der Waals surface area contributed by atoms with Crippen LogP contribution in [0.3, 0.4) is 0 Å². The largest absolute Gasteiger partial charge is 0.489 e. The predicted octanol–water partition coefficient (Wildman–Crippen LogP) is 3.64. The van der Waals surface area contributed by atoms with Gasteiger partial charge in [-0.2, -0.15) is 0 Å². The number of carboxylic acids is 1. The molecule has 0 heterocycles. The summed E-state index contributed by atoms with van der Waals surface area (Å²) in [6.45, 7) is 4.08. The molecule has 0 spiro atoms. The number of hydrogen-bond acceptors (Lipinski definition) is 4. The lowest BCUT2D eigenvalue weighted by Gasteiger charge is -2.24. The molecule has 121 valence electrons. The summed E-state index contributed by atoms with van der Waals surface area (Å²) in [5.74, 6) is -0.613. The molecule has 1 unspecified atom stereocenters. The van der Waals surface area contributed by atoms with E-state index in [0.29, 0.717) is 17.3 Å². The SMILES string of the molecule is [CH2]SC(O)(C(=O)O)c1ccccc1COc1cc(C)ccc1C. The van der Waals surface area contributed by atoms with Crippen molar-refractivity contribution in [2.75, 3.05) is 0 Å². The van der Waals surface area contributed by atoms with Crippen molar-refractivity contribution in [3.63, 3.8) is 0 Å². The quantitative estimate of drug-likeness (QED) is 0.791. The smallest absolute Gasteiger partial charge is 0.351 e. The first-order valence-corrected chi connectivity index (χ1v) is 8.04. The van der Waals surface area contributed by atoms with Crippen LogP contribution in [0.15, 0.2) is 42.5 Å². The zero-order chi connectivity index (χ0) is 17.0. The molecule has 2 N–H and O–H groups in total. The summed E-state index contributed by atoms with van der Waals surface area (Å²) in [6, 6.07) is 12.7. The third-order valence-corrected chi connectivity index (χ3v) is 4.42. The Hall–Kier alpha value is -1.98. The van der Waals surface area contributed by atoms with Gasteiger partial charge in [0, 0.05) is 11.8 Å². The van der Waals surface area contributed by atoms with E-state index in [1.807, 2.05) is 32.0 Å². The third-order valence-electron chi connectivity index (χ3n) is 3.61. The van der Waals surface area contributed by atoms with Crippen LogP contribution in [0.5, 0.6) is 5.75 Å². The van der Waals surface area contributed by atoms with Crippen molar-refractivity contribution < 1.29 is 19.7 Å². The molecule has 0 bridgehead atoms. The second-order valence-corrected chi connectivity index (χ2v) is 6.19. The van der Waals surface area contributed by atoms with Gasteiger partial charge in [0.15, 0.2) is 0 Å². The van der Waals surface area contributed by atoms with E-state index in [0.717, 1.165) is 16.9 Å². The molecule has 5 heteroatoms. The monoisotopic (exact) mass is 331 g/mol. The summed E-state index contributed by atoms with van der Waals surface area (Å²) in [7, 11) is 0. The van der Waals surface area contributed by atoms with Crippen molar-refractivity contribution in [3.05, 3.63) is 71.0 Å². The number of aliphatic hydroxyl groups is 1. The number of aliphatic carboxylic acids is 1. The van der Waals surface area contributed by atoms with E-state index < -0.39 is 10.9 Å². The molecule has 1 atom stereocenters. The summed E-state index contributed by atoms with van der Waals surface area (Å²) in [4.78, 5) is 9.33. The number of ether oxygens (including phenoxy) is 1. The van der Waals surface area contributed by atoms with Crippen molar-refractivity contribution in [2.45, 2.75) is 25.4 Å². The number of rotatable bonds is 6. The van der Waals surface area contributed by atoms with E-state index >= 15 is 0 Å². The van der Waals surface area contributed by atoms with Gasteiger partial charge in [-0.05, 0) is 36.6 Å². The second-order valence-electron chi connectivity index (χ2n) is 5.31. The first kappa shape index (κ1) is 17.4. The van der Waals surface area contributed by atoms with Crippen LogP contribution in [0.1, 0.15) is 22.3 Å². The number of benzene rings is 2. The molecular formula is C18H19O4S. The van der Waals surface area contributed by atoms with Gasteiger partial charge in [0.25, 0.3) is 0 Å². The fourth-order valence-corrected chi connectivity index (χ4v) is 2.73. The Morgan fingerprint density at radius 3 is 2.61 bits per heavy atom. The minimum absolute atomic E-state index is 0.163. The molecule has 23 heavy (non-hydrogen) atoms. The standard InChI is InChI=1S/C18H19O4S/c1-12-8-9-13(2)16(10-12)22-11-14-6-4-5-7-15(14)18(21,23-3)17(19)20/h4-10,21H,3,11H2,1-2H3,(H,19,20). The summed E-state index contributed by atoms with van der Waals surface area (Å²) in [6.07, 6.45) is 3.49. The molecule has 0 aliphatic carbocycles. The Bertz CT molecular complexity index is 714. The van der Waals surface area contributed by atoms with Crippen LogP contribution in [-0.2, 0) is 16.3 Å². The Balaban J connectivity index is 2.31. The Kier molecular flexibility index (Phi) is 5.34. The molecule has 0 saturated heterocycles. The van der Waals surface area contributed by atoms with Gasteiger partial charge in [-0.1, -0.05) is 36.4 Å². The molecule has 4 nitrogen and oxygen atoms in total. The minimum Gasteiger partial charge on any atom is -0.489 e. The normalized spacial score (nSPS) is 13.4. The van der Waals surface area contributed by atoms with Crippen LogP contribution in [0.25, 0.3) is 0 Å². The van der Waals surface area contributed by atoms with Gasteiger partial charge in [0.1, 0.15) is 12.4 Å². The van der Waals surface area contributed by atoms with Crippen LogP contribution < -0.4 is 4.74 Å². The fraction of sp³-hybridized carbons (Fsp3) is 0.222. The van der Waals surface area contributed by atoms with Crippen molar-refractivity contribution in [1.29, 1.82) is 0 Å². The van der Waals surface area contributed by atoms with Gasteiger partial charge < -0.3 is 14.9 Å². The molecule has 2 aromatic carbocycles. The number of hydrogen-bond donors (Lipinski definition) is 2. The van der Waals surface area contributed by atoms with Gasteiger partial charge in [-0.3, -0.25) is 0 Å². The summed E-state index contributed by atoms with van der Waals surface area (Å²) >= 11 is 0.625. The lowest BCUT2D eigenvalue weighted by atomic mass is 10.0. The fourth-order valence-electron chi connectivity index (χ4n) is 2.25. The summed E-state index contributed by atoms with van der Waals surface area (Å²) in [5.41, 5.74) is 2.95. The molecule has 0 aromatic heterocycles. The molecule has 0 aliphatic heterocycles. The Morgan fingerprint density at radius 2 is 1.96 bits per heavy atom. The molecule has 0 fully saturated rings. The molecular weight excluding hydrogens is 312 g/mol. The number of carboxylic acid groups (broad SMARTS) is 1. The highest BCUT2D eigenvalue weighted by Crippen LogP contribution is 2.35. The zero-order valence-electron chi connectivity index (χ0n) is 13.1. The van der Waals surface area contributed by atoms with E-state index in [1.165, 1.54) is 0 Å². The highest BCUT2D eigenvalue weighted by Gasteiger charge is 2.39. The van der Waals surface area contributed by atoms with Gasteiger partial charge in [0.2, 0.25) is 4.93 Å². The average molecular weight is 331 g/mol. The summed E-state index contributed by atoms with van der Waals surface area (Å²) < 4.78 is 5.83. The van der Waals surface area contributed by atoms with Crippen molar-refractivity contribution >= 4 is 17.7 Å². The van der Waals surface area contributed by atoms with Crippen molar-refractivity contribution in [1.82, 2.24) is 0 Å². The molecule has 0 saturated carbocycles. The van der Waals surface area contributed by atoms with E-state index in [1.54, 1.807) is 24.3 Å². The highest BCUT2D eigenvalue weighted by atomic mass is 32.2. The molecule has 1 radical (unpaired) electrons. The number of thioether (sulfide) groups is 1. The molecule has 2 aromatic rings. The van der Waals surface area contributed by atoms with E-state index in [9.17, 15) is 15.0 Å². The first-order chi connectivity index (χ1) is 10.9. The summed E-state index contributed by atoms with van der Waals surface area (Å²) in [5, 5.41) is 19.7. The van der Waals surface area contributed by atoms with E-state index in [2.05, 4.69) is 6.26 Å². The second kappa shape index (κ2) is 7.06. The Morgan fingerprint density at radius 1 is 1.26 bits per heavy atom. The Labute approximate surface area is 140 Å². The zero-order valence-corrected chi connectivity index (χ0v) is 13.9. The number of aryl methyl sites for hydroxylation is 2. The lowest BCUT2D eigenvalue weighted by molar-refractivity contribution is -0.150.